The molecule has 4 heteroatoms. The van der Waals surface area contributed by atoms with Crippen LogP contribution in [-0.2, 0) is 4.79 Å². The Morgan fingerprint density at radius 1 is 1.43 bits per heavy atom. The maximum Gasteiger partial charge on any atom is 0.324 e. The molecule has 1 N–H and O–H groups in total. The molecule has 0 aliphatic carbocycles. The molecule has 0 spiro atoms. The SMILES string of the molecule is CCCCN1C(=O)NC(C(C)C)C1=O. The van der Waals surface area contributed by atoms with E-state index in [2.05, 4.69) is 5.32 Å². The van der Waals surface area contributed by atoms with Gasteiger partial charge in [0.2, 0.25) is 0 Å². The van der Waals surface area contributed by atoms with E-state index in [-0.39, 0.29) is 23.9 Å². The third kappa shape index (κ3) is 2.05. The molecule has 1 aliphatic heterocycles. The second-order valence-corrected chi connectivity index (χ2v) is 4.01. The van der Waals surface area contributed by atoms with E-state index in [4.69, 9.17) is 0 Å². The van der Waals surface area contributed by atoms with Crippen LogP contribution in [0.3, 0.4) is 0 Å². The number of carbonyl (C=O) groups excluding carboxylic acids is 2. The maximum atomic E-state index is 11.7. The van der Waals surface area contributed by atoms with Crippen LogP contribution >= 0.6 is 0 Å². The summed E-state index contributed by atoms with van der Waals surface area (Å²) in [6.45, 7) is 6.46. The van der Waals surface area contributed by atoms with Crippen LogP contribution < -0.4 is 5.32 Å². The van der Waals surface area contributed by atoms with E-state index in [1.165, 1.54) is 4.90 Å². The van der Waals surface area contributed by atoms with Crippen LogP contribution in [0.5, 0.6) is 0 Å². The van der Waals surface area contributed by atoms with E-state index in [0.717, 1.165) is 12.8 Å². The summed E-state index contributed by atoms with van der Waals surface area (Å²) in [5, 5.41) is 2.70. The van der Waals surface area contributed by atoms with Crippen molar-refractivity contribution in [2.75, 3.05) is 6.54 Å². The van der Waals surface area contributed by atoms with Gasteiger partial charge in [0.25, 0.3) is 5.91 Å². The van der Waals surface area contributed by atoms with Gasteiger partial charge in [0.05, 0.1) is 0 Å². The van der Waals surface area contributed by atoms with Crippen molar-refractivity contribution >= 4 is 11.9 Å². The highest BCUT2D eigenvalue weighted by molar-refractivity contribution is 6.04. The number of amides is 3. The summed E-state index contributed by atoms with van der Waals surface area (Å²) >= 11 is 0. The van der Waals surface area contributed by atoms with E-state index in [9.17, 15) is 9.59 Å². The molecule has 1 atom stereocenters. The average Bonchev–Trinajstić information content (AvgIpc) is 2.40. The van der Waals surface area contributed by atoms with Crippen LogP contribution in [0, 0.1) is 5.92 Å². The summed E-state index contributed by atoms with van der Waals surface area (Å²) in [6.07, 6.45) is 1.87. The van der Waals surface area contributed by atoms with E-state index >= 15 is 0 Å². The summed E-state index contributed by atoms with van der Waals surface area (Å²) in [6, 6.07) is -0.554. The normalized spacial score (nSPS) is 22.0. The lowest BCUT2D eigenvalue weighted by molar-refractivity contribution is -0.128. The molecule has 3 amide bonds. The first kappa shape index (κ1) is 11.0. The van der Waals surface area contributed by atoms with Gasteiger partial charge in [-0.25, -0.2) is 4.79 Å². The fourth-order valence-electron chi connectivity index (χ4n) is 1.52. The van der Waals surface area contributed by atoms with Gasteiger partial charge in [0.15, 0.2) is 0 Å². The Balaban J connectivity index is 2.61. The number of unbranched alkanes of at least 4 members (excludes halogenated alkanes) is 1. The van der Waals surface area contributed by atoms with Crippen LogP contribution in [-0.4, -0.2) is 29.4 Å². The smallest absolute Gasteiger partial charge is 0.324 e. The molecule has 1 rings (SSSR count). The van der Waals surface area contributed by atoms with Crippen molar-refractivity contribution in [2.45, 2.75) is 39.7 Å². The molecule has 0 aromatic heterocycles. The molecule has 0 radical (unpaired) electrons. The van der Waals surface area contributed by atoms with Gasteiger partial charge in [-0.1, -0.05) is 27.2 Å². The molecule has 1 unspecified atom stereocenters. The topological polar surface area (TPSA) is 49.4 Å². The fourth-order valence-corrected chi connectivity index (χ4v) is 1.52. The van der Waals surface area contributed by atoms with Gasteiger partial charge >= 0.3 is 6.03 Å². The zero-order chi connectivity index (χ0) is 10.7. The van der Waals surface area contributed by atoms with Crippen molar-refractivity contribution in [1.82, 2.24) is 10.2 Å². The van der Waals surface area contributed by atoms with Gasteiger partial charge in [-0.05, 0) is 12.3 Å². The second-order valence-electron chi connectivity index (χ2n) is 4.01. The first-order valence-electron chi connectivity index (χ1n) is 5.19. The third-order valence-electron chi connectivity index (χ3n) is 2.46. The highest BCUT2D eigenvalue weighted by Gasteiger charge is 2.38. The summed E-state index contributed by atoms with van der Waals surface area (Å²) in [5.41, 5.74) is 0. The van der Waals surface area contributed by atoms with Crippen LogP contribution in [0.4, 0.5) is 4.79 Å². The maximum absolute atomic E-state index is 11.7. The number of carbonyl (C=O) groups is 2. The zero-order valence-electron chi connectivity index (χ0n) is 9.04. The van der Waals surface area contributed by atoms with Crippen molar-refractivity contribution < 1.29 is 9.59 Å². The molecule has 0 saturated carbocycles. The van der Waals surface area contributed by atoms with E-state index in [0.29, 0.717) is 6.54 Å². The molecular weight excluding hydrogens is 180 g/mol. The number of imide groups is 1. The molecule has 4 nitrogen and oxygen atoms in total. The molecular formula is C10H18N2O2. The lowest BCUT2D eigenvalue weighted by Crippen LogP contribution is -2.34. The first-order valence-corrected chi connectivity index (χ1v) is 5.19. The van der Waals surface area contributed by atoms with E-state index in [1.54, 1.807) is 0 Å². The Morgan fingerprint density at radius 3 is 2.50 bits per heavy atom. The molecule has 1 saturated heterocycles. The lowest BCUT2D eigenvalue weighted by atomic mass is 10.1. The Labute approximate surface area is 84.7 Å². The van der Waals surface area contributed by atoms with Crippen molar-refractivity contribution in [3.05, 3.63) is 0 Å². The standard InChI is InChI=1S/C10H18N2O2/c1-4-5-6-12-9(13)8(7(2)3)11-10(12)14/h7-8H,4-6H2,1-3H3,(H,11,14). The molecule has 0 aromatic rings. The average molecular weight is 198 g/mol. The number of nitrogens with zero attached hydrogens (tertiary/aromatic N) is 1. The van der Waals surface area contributed by atoms with Crippen LogP contribution in [0.2, 0.25) is 0 Å². The van der Waals surface area contributed by atoms with E-state index < -0.39 is 0 Å². The minimum Gasteiger partial charge on any atom is -0.326 e. The Bertz CT molecular complexity index is 238. The van der Waals surface area contributed by atoms with Crippen molar-refractivity contribution in [3.8, 4) is 0 Å². The number of hydrogen-bond donors (Lipinski definition) is 1. The fraction of sp³-hybridized carbons (Fsp3) is 0.800. The minimum absolute atomic E-state index is 0.0709. The quantitative estimate of drug-likeness (QED) is 0.693. The molecule has 1 aliphatic rings. The van der Waals surface area contributed by atoms with Crippen LogP contribution in [0.15, 0.2) is 0 Å². The summed E-state index contributed by atoms with van der Waals surface area (Å²) in [4.78, 5) is 24.4. The summed E-state index contributed by atoms with van der Waals surface area (Å²) in [7, 11) is 0. The largest absolute Gasteiger partial charge is 0.326 e. The summed E-state index contributed by atoms with van der Waals surface area (Å²) in [5.74, 6) is 0.0940. The predicted octanol–water partition coefficient (Wildman–Crippen LogP) is 1.36. The molecule has 1 heterocycles. The molecule has 0 bridgehead atoms. The van der Waals surface area contributed by atoms with Gasteiger partial charge < -0.3 is 5.32 Å². The predicted molar refractivity (Wildman–Crippen MR) is 53.8 cm³/mol. The molecule has 0 aromatic carbocycles. The highest BCUT2D eigenvalue weighted by Crippen LogP contribution is 2.14. The van der Waals surface area contributed by atoms with Gasteiger partial charge in [-0.3, -0.25) is 9.69 Å². The second kappa shape index (κ2) is 4.44. The number of hydrogen-bond acceptors (Lipinski definition) is 2. The molecule has 14 heavy (non-hydrogen) atoms. The van der Waals surface area contributed by atoms with E-state index in [1.807, 2.05) is 20.8 Å². The lowest BCUT2D eigenvalue weighted by Gasteiger charge is -2.13. The number of nitrogens with one attached hydrogen (secondary N) is 1. The molecule has 80 valence electrons. The Kier molecular flexibility index (Phi) is 3.49. The first-order chi connectivity index (χ1) is 6.57. The van der Waals surface area contributed by atoms with Gasteiger partial charge in [0.1, 0.15) is 6.04 Å². The minimum atomic E-state index is -0.320. The molecule has 1 fully saturated rings. The number of urea groups is 1. The number of rotatable bonds is 4. The zero-order valence-corrected chi connectivity index (χ0v) is 9.04. The van der Waals surface area contributed by atoms with Crippen LogP contribution in [0.25, 0.3) is 0 Å². The highest BCUT2D eigenvalue weighted by atomic mass is 16.2. The monoisotopic (exact) mass is 198 g/mol. The Morgan fingerprint density at radius 2 is 2.07 bits per heavy atom. The van der Waals surface area contributed by atoms with Crippen molar-refractivity contribution in [2.24, 2.45) is 5.92 Å². The third-order valence-corrected chi connectivity index (χ3v) is 2.46. The van der Waals surface area contributed by atoms with Crippen molar-refractivity contribution in [1.29, 1.82) is 0 Å². The Hall–Kier alpha value is -1.06. The van der Waals surface area contributed by atoms with Gasteiger partial charge in [-0.2, -0.15) is 0 Å². The van der Waals surface area contributed by atoms with Gasteiger partial charge in [-0.15, -0.1) is 0 Å². The summed E-state index contributed by atoms with van der Waals surface area (Å²) < 4.78 is 0. The van der Waals surface area contributed by atoms with Gasteiger partial charge in [0, 0.05) is 6.54 Å². The van der Waals surface area contributed by atoms with Crippen molar-refractivity contribution in [3.63, 3.8) is 0 Å². The van der Waals surface area contributed by atoms with Crippen LogP contribution in [0.1, 0.15) is 33.6 Å².